The zero-order valence-corrected chi connectivity index (χ0v) is 9.30. The van der Waals surface area contributed by atoms with Gasteiger partial charge in [0.15, 0.2) is 0 Å². The van der Waals surface area contributed by atoms with Gasteiger partial charge in [-0.1, -0.05) is 30.3 Å². The molecular formula is C12H14N2O3. The first-order valence-electron chi connectivity index (χ1n) is 5.49. The van der Waals surface area contributed by atoms with E-state index in [0.717, 1.165) is 10.5 Å². The van der Waals surface area contributed by atoms with Crippen LogP contribution in [0.4, 0.5) is 4.79 Å². The summed E-state index contributed by atoms with van der Waals surface area (Å²) in [6, 6.07) is 8.56. The normalized spacial score (nSPS) is 19.6. The van der Waals surface area contributed by atoms with Crippen molar-refractivity contribution in [3.05, 3.63) is 35.9 Å². The van der Waals surface area contributed by atoms with Crippen molar-refractivity contribution in [1.82, 2.24) is 10.2 Å². The number of aliphatic hydroxyl groups excluding tert-OH is 1. The molecule has 1 unspecified atom stereocenters. The summed E-state index contributed by atoms with van der Waals surface area (Å²) >= 11 is 0. The molecular weight excluding hydrogens is 220 g/mol. The molecule has 5 nitrogen and oxygen atoms in total. The second-order valence-corrected chi connectivity index (χ2v) is 3.91. The van der Waals surface area contributed by atoms with Crippen LogP contribution in [0.5, 0.6) is 0 Å². The van der Waals surface area contributed by atoms with Crippen LogP contribution in [0.25, 0.3) is 0 Å². The number of hydrogen-bond donors (Lipinski definition) is 2. The zero-order valence-electron chi connectivity index (χ0n) is 9.30. The summed E-state index contributed by atoms with van der Waals surface area (Å²) in [5.74, 6) is -0.270. The van der Waals surface area contributed by atoms with Crippen LogP contribution >= 0.6 is 0 Å². The Bertz CT molecular complexity index is 419. The molecule has 1 aliphatic rings. The number of hydrogen-bond acceptors (Lipinski definition) is 3. The number of β-amino-alcohol motifs (C(OH)–C–C–N with tert-alkyl or cyclic N) is 1. The molecule has 1 aromatic carbocycles. The third kappa shape index (κ3) is 2.45. The van der Waals surface area contributed by atoms with Gasteiger partial charge in [-0.3, -0.25) is 9.69 Å². The molecule has 0 saturated carbocycles. The highest BCUT2D eigenvalue weighted by Gasteiger charge is 2.37. The summed E-state index contributed by atoms with van der Waals surface area (Å²) < 4.78 is 0. The van der Waals surface area contributed by atoms with Gasteiger partial charge < -0.3 is 10.4 Å². The Kier molecular flexibility index (Phi) is 3.39. The fourth-order valence-electron chi connectivity index (χ4n) is 1.88. The Hall–Kier alpha value is -1.88. The topological polar surface area (TPSA) is 69.6 Å². The number of carbonyl (C=O) groups excluding carboxylic acids is 2. The number of rotatable bonds is 4. The number of nitrogens with zero attached hydrogens (tertiary/aromatic N) is 1. The molecule has 0 aliphatic carbocycles. The van der Waals surface area contributed by atoms with Gasteiger partial charge >= 0.3 is 6.03 Å². The van der Waals surface area contributed by atoms with Crippen LogP contribution in [0.3, 0.4) is 0 Å². The van der Waals surface area contributed by atoms with Crippen LogP contribution < -0.4 is 5.32 Å². The van der Waals surface area contributed by atoms with Crippen LogP contribution in [0.1, 0.15) is 5.56 Å². The molecule has 2 N–H and O–H groups in total. The average molecular weight is 234 g/mol. The lowest BCUT2D eigenvalue weighted by Gasteiger charge is -2.10. The Labute approximate surface area is 99.0 Å². The molecule has 0 radical (unpaired) electrons. The Morgan fingerprint density at radius 3 is 2.59 bits per heavy atom. The molecule has 3 amide bonds. The van der Waals surface area contributed by atoms with E-state index >= 15 is 0 Å². The summed E-state index contributed by atoms with van der Waals surface area (Å²) in [6.45, 7) is -0.160. The lowest BCUT2D eigenvalue weighted by atomic mass is 10.1. The lowest BCUT2D eigenvalue weighted by molar-refractivity contribution is -0.127. The predicted octanol–water partition coefficient (Wildman–Crippen LogP) is 0.142. The van der Waals surface area contributed by atoms with Gasteiger partial charge in [-0.15, -0.1) is 0 Å². The molecule has 1 heterocycles. The Morgan fingerprint density at radius 2 is 1.94 bits per heavy atom. The first-order valence-corrected chi connectivity index (χ1v) is 5.49. The number of amides is 3. The number of urea groups is 1. The van der Waals surface area contributed by atoms with Crippen LogP contribution in [0.2, 0.25) is 0 Å². The van der Waals surface area contributed by atoms with Gasteiger partial charge in [0.1, 0.15) is 6.04 Å². The molecule has 17 heavy (non-hydrogen) atoms. The van der Waals surface area contributed by atoms with Crippen molar-refractivity contribution in [2.24, 2.45) is 0 Å². The molecule has 2 rings (SSSR count). The molecule has 1 atom stereocenters. The van der Waals surface area contributed by atoms with E-state index in [0.29, 0.717) is 6.42 Å². The van der Waals surface area contributed by atoms with Crippen molar-refractivity contribution in [2.45, 2.75) is 12.5 Å². The number of nitrogens with one attached hydrogen (secondary N) is 1. The molecule has 0 spiro atoms. The van der Waals surface area contributed by atoms with Crippen molar-refractivity contribution < 1.29 is 14.7 Å². The third-order valence-electron chi connectivity index (χ3n) is 2.71. The molecule has 1 aliphatic heterocycles. The molecule has 5 heteroatoms. The van der Waals surface area contributed by atoms with Gasteiger partial charge in [-0.2, -0.15) is 0 Å². The predicted molar refractivity (Wildman–Crippen MR) is 61.3 cm³/mol. The van der Waals surface area contributed by atoms with Gasteiger partial charge in [0.25, 0.3) is 5.91 Å². The summed E-state index contributed by atoms with van der Waals surface area (Å²) in [5.41, 5.74) is 0.997. The first-order chi connectivity index (χ1) is 8.22. The van der Waals surface area contributed by atoms with E-state index in [9.17, 15) is 9.59 Å². The van der Waals surface area contributed by atoms with E-state index < -0.39 is 12.1 Å². The quantitative estimate of drug-likeness (QED) is 0.728. The molecule has 90 valence electrons. The van der Waals surface area contributed by atoms with E-state index in [1.165, 1.54) is 0 Å². The minimum absolute atomic E-state index is 0.0515. The van der Waals surface area contributed by atoms with E-state index in [1.807, 2.05) is 30.3 Å². The summed E-state index contributed by atoms with van der Waals surface area (Å²) in [5, 5.41) is 11.4. The summed E-state index contributed by atoms with van der Waals surface area (Å²) in [4.78, 5) is 24.3. The summed E-state index contributed by atoms with van der Waals surface area (Å²) in [7, 11) is 0. The maximum atomic E-state index is 11.8. The minimum Gasteiger partial charge on any atom is -0.395 e. The van der Waals surface area contributed by atoms with E-state index in [1.54, 1.807) is 0 Å². The highest BCUT2D eigenvalue weighted by molar-refractivity contribution is 6.04. The maximum Gasteiger partial charge on any atom is 0.324 e. The van der Waals surface area contributed by atoms with Crippen LogP contribution in [-0.2, 0) is 11.2 Å². The van der Waals surface area contributed by atoms with Gasteiger partial charge in [-0.25, -0.2) is 4.79 Å². The van der Waals surface area contributed by atoms with Crippen LogP contribution in [0.15, 0.2) is 30.3 Å². The third-order valence-corrected chi connectivity index (χ3v) is 2.71. The van der Waals surface area contributed by atoms with Crippen molar-refractivity contribution in [3.8, 4) is 0 Å². The molecule has 1 saturated heterocycles. The largest absolute Gasteiger partial charge is 0.395 e. The monoisotopic (exact) mass is 234 g/mol. The fourth-order valence-corrected chi connectivity index (χ4v) is 1.88. The second-order valence-electron chi connectivity index (χ2n) is 3.91. The smallest absolute Gasteiger partial charge is 0.324 e. The highest BCUT2D eigenvalue weighted by Crippen LogP contribution is 2.11. The molecule has 1 fully saturated rings. The summed E-state index contributed by atoms with van der Waals surface area (Å²) in [6.07, 6.45) is 0.480. The first kappa shape index (κ1) is 11.6. The second kappa shape index (κ2) is 4.97. The van der Waals surface area contributed by atoms with Crippen molar-refractivity contribution in [3.63, 3.8) is 0 Å². The number of aliphatic hydroxyl groups is 1. The maximum absolute atomic E-state index is 11.8. The Balaban J connectivity index is 2.04. The number of carbonyl (C=O) groups is 2. The van der Waals surface area contributed by atoms with Gasteiger partial charge in [-0.05, 0) is 5.56 Å². The molecule has 1 aromatic rings. The van der Waals surface area contributed by atoms with Crippen molar-refractivity contribution >= 4 is 11.9 Å². The number of benzene rings is 1. The average Bonchev–Trinajstić information content (AvgIpc) is 2.59. The molecule has 0 aromatic heterocycles. The van der Waals surface area contributed by atoms with Crippen LogP contribution in [-0.4, -0.2) is 41.1 Å². The standard InChI is InChI=1S/C12H14N2O3/c15-7-6-14-11(16)10(13-12(14)17)8-9-4-2-1-3-5-9/h1-5,10,15H,6-8H2,(H,13,17). The minimum atomic E-state index is -0.517. The van der Waals surface area contributed by atoms with Crippen molar-refractivity contribution in [1.29, 1.82) is 0 Å². The van der Waals surface area contributed by atoms with Crippen molar-refractivity contribution in [2.75, 3.05) is 13.2 Å². The van der Waals surface area contributed by atoms with E-state index in [-0.39, 0.29) is 19.1 Å². The Morgan fingerprint density at radius 1 is 1.24 bits per heavy atom. The van der Waals surface area contributed by atoms with Gasteiger partial charge in [0, 0.05) is 6.42 Å². The van der Waals surface area contributed by atoms with E-state index in [2.05, 4.69) is 5.32 Å². The SMILES string of the molecule is O=C1NC(Cc2ccccc2)C(=O)N1CCO. The van der Waals surface area contributed by atoms with Gasteiger partial charge in [0.2, 0.25) is 0 Å². The van der Waals surface area contributed by atoms with E-state index in [4.69, 9.17) is 5.11 Å². The fraction of sp³-hybridized carbons (Fsp3) is 0.333. The van der Waals surface area contributed by atoms with Crippen LogP contribution in [0, 0.1) is 0 Å². The lowest BCUT2D eigenvalue weighted by Crippen LogP contribution is -2.34. The highest BCUT2D eigenvalue weighted by atomic mass is 16.3. The number of imide groups is 1. The molecule has 0 bridgehead atoms. The van der Waals surface area contributed by atoms with Gasteiger partial charge in [0.05, 0.1) is 13.2 Å². The zero-order chi connectivity index (χ0) is 12.3.